The number of aliphatic hydroxyl groups is 5. The molecular formula is C51H99NO8. The van der Waals surface area contributed by atoms with Crippen LogP contribution >= 0.6 is 0 Å². The number of rotatable bonds is 44. The number of carbonyl (C=O) groups is 1. The van der Waals surface area contributed by atoms with Crippen molar-refractivity contribution in [1.82, 2.24) is 5.32 Å². The summed E-state index contributed by atoms with van der Waals surface area (Å²) in [5, 5.41) is 54.5. The maximum Gasteiger partial charge on any atom is 0.220 e. The average molecular weight is 854 g/mol. The van der Waals surface area contributed by atoms with E-state index in [-0.39, 0.29) is 12.5 Å². The minimum atomic E-state index is -1.55. The molecule has 0 bridgehead atoms. The van der Waals surface area contributed by atoms with Crippen molar-refractivity contribution in [1.29, 1.82) is 0 Å². The molecule has 60 heavy (non-hydrogen) atoms. The van der Waals surface area contributed by atoms with Gasteiger partial charge in [-0.15, -0.1) is 0 Å². The van der Waals surface area contributed by atoms with Gasteiger partial charge < -0.3 is 40.3 Å². The second kappa shape index (κ2) is 41.9. The van der Waals surface area contributed by atoms with Crippen LogP contribution in [0.5, 0.6) is 0 Å². The van der Waals surface area contributed by atoms with Gasteiger partial charge in [-0.25, -0.2) is 0 Å². The van der Waals surface area contributed by atoms with Gasteiger partial charge in [0.15, 0.2) is 6.29 Å². The standard InChI is InChI=1S/C51H99NO8/c1-3-5-7-9-11-13-15-17-18-19-20-21-22-23-24-25-26-27-29-30-32-34-36-38-40-45(54)44(43-59-51-50(58)49(57)48(56)46(42-53)60-51)52-47(55)41-39-37-35-33-31-28-16-14-12-10-8-6-4-2/h14,16,44-46,48-51,53-54,56-58H,3-13,15,17-43H2,1-2H3,(H,52,55)/b16-14-. The normalized spacial score (nSPS) is 20.6. The number of nitrogens with one attached hydrogen (secondary N) is 1. The summed E-state index contributed by atoms with van der Waals surface area (Å²) >= 11 is 0. The predicted molar refractivity (Wildman–Crippen MR) is 249 cm³/mol. The summed E-state index contributed by atoms with van der Waals surface area (Å²) in [4.78, 5) is 13.0. The van der Waals surface area contributed by atoms with Crippen LogP contribution in [-0.4, -0.2) is 87.5 Å². The zero-order valence-corrected chi connectivity index (χ0v) is 39.2. The first-order chi connectivity index (χ1) is 29.3. The average Bonchev–Trinajstić information content (AvgIpc) is 3.25. The summed E-state index contributed by atoms with van der Waals surface area (Å²) in [5.74, 6) is -0.151. The summed E-state index contributed by atoms with van der Waals surface area (Å²) in [6, 6.07) is -0.719. The second-order valence-electron chi connectivity index (χ2n) is 18.3. The van der Waals surface area contributed by atoms with E-state index in [1.54, 1.807) is 0 Å². The van der Waals surface area contributed by atoms with E-state index < -0.39 is 49.5 Å². The molecule has 1 aliphatic heterocycles. The number of hydrogen-bond donors (Lipinski definition) is 6. The van der Waals surface area contributed by atoms with Gasteiger partial charge in [-0.05, 0) is 38.5 Å². The van der Waals surface area contributed by atoms with Crippen LogP contribution in [-0.2, 0) is 14.3 Å². The van der Waals surface area contributed by atoms with E-state index >= 15 is 0 Å². The molecule has 9 nitrogen and oxygen atoms in total. The molecule has 1 rings (SSSR count). The third-order valence-electron chi connectivity index (χ3n) is 12.6. The zero-order chi connectivity index (χ0) is 43.7. The molecule has 9 heteroatoms. The lowest BCUT2D eigenvalue weighted by molar-refractivity contribution is -0.302. The van der Waals surface area contributed by atoms with Crippen LogP contribution in [0.2, 0.25) is 0 Å². The van der Waals surface area contributed by atoms with Crippen molar-refractivity contribution in [2.45, 2.75) is 294 Å². The molecule has 7 atom stereocenters. The van der Waals surface area contributed by atoms with Crippen LogP contribution in [0, 0.1) is 0 Å². The lowest BCUT2D eigenvalue weighted by Crippen LogP contribution is -2.60. The zero-order valence-electron chi connectivity index (χ0n) is 39.2. The van der Waals surface area contributed by atoms with Gasteiger partial charge in [0.2, 0.25) is 5.91 Å². The van der Waals surface area contributed by atoms with Crippen molar-refractivity contribution in [3.63, 3.8) is 0 Å². The molecule has 0 spiro atoms. The number of carbonyl (C=O) groups excluding carboxylic acids is 1. The number of aliphatic hydroxyl groups excluding tert-OH is 5. The minimum absolute atomic E-state index is 0.138. The molecule has 356 valence electrons. The lowest BCUT2D eigenvalue weighted by atomic mass is 9.99. The van der Waals surface area contributed by atoms with Gasteiger partial charge in [0.1, 0.15) is 24.4 Å². The molecule has 7 unspecified atom stereocenters. The lowest BCUT2D eigenvalue weighted by Gasteiger charge is -2.40. The fourth-order valence-corrected chi connectivity index (χ4v) is 8.45. The number of allylic oxidation sites excluding steroid dienone is 2. The summed E-state index contributed by atoms with van der Waals surface area (Å²) in [7, 11) is 0. The molecule has 1 saturated heterocycles. The van der Waals surface area contributed by atoms with Crippen LogP contribution in [0.25, 0.3) is 0 Å². The summed E-state index contributed by atoms with van der Waals surface area (Å²) in [5.41, 5.74) is 0. The molecule has 0 aromatic rings. The highest BCUT2D eigenvalue weighted by molar-refractivity contribution is 5.76. The summed E-state index contributed by atoms with van der Waals surface area (Å²) in [6.45, 7) is 3.83. The Balaban J connectivity index is 2.22. The Morgan fingerprint density at radius 3 is 1.37 bits per heavy atom. The van der Waals surface area contributed by atoms with E-state index in [9.17, 15) is 30.3 Å². The maximum absolute atomic E-state index is 13.0. The van der Waals surface area contributed by atoms with Crippen molar-refractivity contribution in [3.8, 4) is 0 Å². The highest BCUT2D eigenvalue weighted by Gasteiger charge is 2.44. The monoisotopic (exact) mass is 854 g/mol. The van der Waals surface area contributed by atoms with Gasteiger partial charge in [-0.2, -0.15) is 0 Å². The van der Waals surface area contributed by atoms with E-state index in [2.05, 4.69) is 31.3 Å². The number of hydrogen-bond acceptors (Lipinski definition) is 8. The highest BCUT2D eigenvalue weighted by Crippen LogP contribution is 2.23. The molecule has 0 radical (unpaired) electrons. The molecule has 0 aliphatic carbocycles. The molecule has 1 heterocycles. The van der Waals surface area contributed by atoms with Gasteiger partial charge in [0.05, 0.1) is 25.4 Å². The van der Waals surface area contributed by atoms with Gasteiger partial charge >= 0.3 is 0 Å². The van der Waals surface area contributed by atoms with Crippen molar-refractivity contribution in [2.75, 3.05) is 13.2 Å². The first-order valence-corrected chi connectivity index (χ1v) is 25.9. The molecule has 6 N–H and O–H groups in total. The molecule has 1 amide bonds. The molecular weight excluding hydrogens is 755 g/mol. The Morgan fingerprint density at radius 2 is 0.933 bits per heavy atom. The van der Waals surface area contributed by atoms with Crippen molar-refractivity contribution >= 4 is 5.91 Å². The Morgan fingerprint density at radius 1 is 0.550 bits per heavy atom. The van der Waals surface area contributed by atoms with Crippen molar-refractivity contribution in [3.05, 3.63) is 12.2 Å². The fourth-order valence-electron chi connectivity index (χ4n) is 8.45. The van der Waals surface area contributed by atoms with Gasteiger partial charge in [0, 0.05) is 6.42 Å². The highest BCUT2D eigenvalue weighted by atomic mass is 16.7. The topological polar surface area (TPSA) is 149 Å². The Kier molecular flexibility index (Phi) is 39.8. The quantitative estimate of drug-likeness (QED) is 0.0262. The maximum atomic E-state index is 13.0. The van der Waals surface area contributed by atoms with Gasteiger partial charge in [-0.3, -0.25) is 4.79 Å². The number of amides is 1. The number of ether oxygens (including phenoxy) is 2. The summed E-state index contributed by atoms with van der Waals surface area (Å²) in [6.07, 6.45) is 42.3. The van der Waals surface area contributed by atoms with E-state index in [4.69, 9.17) is 9.47 Å². The first kappa shape index (κ1) is 56.9. The van der Waals surface area contributed by atoms with Crippen LogP contribution in [0.3, 0.4) is 0 Å². The Hall–Kier alpha value is -1.07. The first-order valence-electron chi connectivity index (χ1n) is 25.9. The molecule has 0 aromatic carbocycles. The van der Waals surface area contributed by atoms with Crippen LogP contribution in [0.4, 0.5) is 0 Å². The van der Waals surface area contributed by atoms with E-state index in [1.807, 2.05) is 0 Å². The third kappa shape index (κ3) is 31.7. The smallest absolute Gasteiger partial charge is 0.220 e. The van der Waals surface area contributed by atoms with Gasteiger partial charge in [0.25, 0.3) is 0 Å². The van der Waals surface area contributed by atoms with E-state index in [0.29, 0.717) is 12.8 Å². The van der Waals surface area contributed by atoms with Gasteiger partial charge in [-0.1, -0.05) is 219 Å². The molecule has 1 fully saturated rings. The fraction of sp³-hybridized carbons (Fsp3) is 0.941. The second-order valence-corrected chi connectivity index (χ2v) is 18.3. The SMILES string of the molecule is CCCCCC/C=C\CCCCCCCC(=O)NC(COC1OC(CO)C(O)C(O)C1O)C(O)CCCCCCCCCCCCCCCCCCCCCCCCCC. The van der Waals surface area contributed by atoms with E-state index in [1.165, 1.54) is 173 Å². The predicted octanol–water partition coefficient (Wildman–Crippen LogP) is 11.7. The Labute approximate surface area is 369 Å². The van der Waals surface area contributed by atoms with Crippen LogP contribution in [0.1, 0.15) is 251 Å². The van der Waals surface area contributed by atoms with Crippen LogP contribution < -0.4 is 5.32 Å². The Bertz CT molecular complexity index is 950. The van der Waals surface area contributed by atoms with Crippen molar-refractivity contribution < 1.29 is 39.8 Å². The minimum Gasteiger partial charge on any atom is -0.394 e. The third-order valence-corrected chi connectivity index (χ3v) is 12.6. The largest absolute Gasteiger partial charge is 0.394 e. The van der Waals surface area contributed by atoms with Crippen molar-refractivity contribution in [2.24, 2.45) is 0 Å². The number of unbranched alkanes of at least 4 members (excludes halogenated alkanes) is 32. The van der Waals surface area contributed by atoms with Crippen LogP contribution in [0.15, 0.2) is 12.2 Å². The van der Waals surface area contributed by atoms with E-state index in [0.717, 1.165) is 51.4 Å². The molecule has 0 aromatic heterocycles. The molecule has 0 saturated carbocycles. The summed E-state index contributed by atoms with van der Waals surface area (Å²) < 4.78 is 11.3. The molecule has 1 aliphatic rings.